The zero-order chi connectivity index (χ0) is 14.7. The van der Waals surface area contributed by atoms with Crippen LogP contribution in [0.2, 0.25) is 0 Å². The van der Waals surface area contributed by atoms with Gasteiger partial charge in [0.05, 0.1) is 15.0 Å². The molecule has 4 nitrogen and oxygen atoms in total. The van der Waals surface area contributed by atoms with Gasteiger partial charge < -0.3 is 4.74 Å². The van der Waals surface area contributed by atoms with Gasteiger partial charge >= 0.3 is 0 Å². The van der Waals surface area contributed by atoms with Crippen molar-refractivity contribution in [2.24, 2.45) is 0 Å². The summed E-state index contributed by atoms with van der Waals surface area (Å²) < 4.78 is 6.54. The van der Waals surface area contributed by atoms with Crippen molar-refractivity contribution < 1.29 is 9.66 Å². The largest absolute Gasteiger partial charge is 0.487 e. The first-order chi connectivity index (χ1) is 9.49. The third-order valence-electron chi connectivity index (χ3n) is 3.04. The van der Waals surface area contributed by atoms with Crippen LogP contribution in [0.1, 0.15) is 16.7 Å². The van der Waals surface area contributed by atoms with Crippen molar-refractivity contribution in [2.75, 3.05) is 0 Å². The third-order valence-corrected chi connectivity index (χ3v) is 3.66. The van der Waals surface area contributed by atoms with E-state index in [9.17, 15) is 10.1 Å². The molecule has 0 atom stereocenters. The van der Waals surface area contributed by atoms with Gasteiger partial charge in [-0.2, -0.15) is 0 Å². The molecule has 2 rings (SSSR count). The predicted molar refractivity (Wildman–Crippen MR) is 81.0 cm³/mol. The van der Waals surface area contributed by atoms with Crippen LogP contribution in [-0.2, 0) is 6.61 Å². The van der Waals surface area contributed by atoms with Gasteiger partial charge in [-0.3, -0.25) is 10.1 Å². The summed E-state index contributed by atoms with van der Waals surface area (Å²) in [6.07, 6.45) is 0. The maximum Gasteiger partial charge on any atom is 0.276 e. The highest BCUT2D eigenvalue weighted by atomic mass is 79.9. The van der Waals surface area contributed by atoms with Gasteiger partial charge in [0.25, 0.3) is 5.69 Å². The van der Waals surface area contributed by atoms with E-state index in [4.69, 9.17) is 4.74 Å². The van der Waals surface area contributed by atoms with E-state index in [0.717, 1.165) is 15.6 Å². The Hall–Kier alpha value is -1.88. The van der Waals surface area contributed by atoms with Crippen molar-refractivity contribution in [1.29, 1.82) is 0 Å². The van der Waals surface area contributed by atoms with E-state index in [-0.39, 0.29) is 17.2 Å². The van der Waals surface area contributed by atoms with Gasteiger partial charge in [0.1, 0.15) is 12.4 Å². The second-order valence-electron chi connectivity index (χ2n) is 4.55. The number of halogens is 1. The Bertz CT molecular complexity index is 656. The number of rotatable bonds is 4. The van der Waals surface area contributed by atoms with E-state index in [1.165, 1.54) is 6.07 Å². The molecule has 0 radical (unpaired) electrons. The molecule has 0 spiro atoms. The number of nitro groups is 1. The summed E-state index contributed by atoms with van der Waals surface area (Å²) >= 11 is 3.43. The third kappa shape index (κ3) is 3.17. The quantitative estimate of drug-likeness (QED) is 0.608. The van der Waals surface area contributed by atoms with Gasteiger partial charge in [-0.1, -0.05) is 18.2 Å². The molecule has 0 saturated heterocycles. The monoisotopic (exact) mass is 335 g/mol. The molecule has 0 aliphatic carbocycles. The van der Waals surface area contributed by atoms with Crippen molar-refractivity contribution >= 4 is 21.6 Å². The average molecular weight is 336 g/mol. The van der Waals surface area contributed by atoms with Crippen molar-refractivity contribution in [3.63, 3.8) is 0 Å². The molecule has 2 aromatic rings. The van der Waals surface area contributed by atoms with Crippen LogP contribution < -0.4 is 4.74 Å². The zero-order valence-corrected chi connectivity index (χ0v) is 12.8. The second kappa shape index (κ2) is 6.05. The van der Waals surface area contributed by atoms with E-state index < -0.39 is 0 Å². The number of aryl methyl sites for hydroxylation is 2. The SMILES string of the molecule is Cc1ccc(OCc2c(C)cccc2[N+](=O)[O-])c(Br)c1. The van der Waals surface area contributed by atoms with E-state index in [2.05, 4.69) is 15.9 Å². The number of hydrogen-bond donors (Lipinski definition) is 0. The summed E-state index contributed by atoms with van der Waals surface area (Å²) in [4.78, 5) is 10.7. The molecule has 0 aromatic heterocycles. The summed E-state index contributed by atoms with van der Waals surface area (Å²) in [5, 5.41) is 11.0. The lowest BCUT2D eigenvalue weighted by atomic mass is 10.1. The Balaban J connectivity index is 2.25. The number of nitro benzene ring substituents is 1. The summed E-state index contributed by atoms with van der Waals surface area (Å²) in [5.41, 5.74) is 2.66. The lowest BCUT2D eigenvalue weighted by Crippen LogP contribution is -2.03. The Morgan fingerprint density at radius 1 is 1.25 bits per heavy atom. The van der Waals surface area contributed by atoms with Gasteiger partial charge in [0.15, 0.2) is 0 Å². The molecule has 0 heterocycles. The maximum absolute atomic E-state index is 11.0. The van der Waals surface area contributed by atoms with E-state index in [1.54, 1.807) is 6.07 Å². The predicted octanol–water partition coefficient (Wildman–Crippen LogP) is 4.55. The van der Waals surface area contributed by atoms with Gasteiger partial charge in [0, 0.05) is 6.07 Å². The molecule has 104 valence electrons. The fraction of sp³-hybridized carbons (Fsp3) is 0.200. The van der Waals surface area contributed by atoms with Crippen LogP contribution in [-0.4, -0.2) is 4.92 Å². The Morgan fingerprint density at radius 3 is 2.65 bits per heavy atom. The van der Waals surface area contributed by atoms with Crippen molar-refractivity contribution in [3.05, 3.63) is 67.7 Å². The molecule has 0 aliphatic heterocycles. The zero-order valence-electron chi connectivity index (χ0n) is 11.2. The number of nitrogens with zero attached hydrogens (tertiary/aromatic N) is 1. The first kappa shape index (κ1) is 14.5. The van der Waals surface area contributed by atoms with E-state index in [1.807, 2.05) is 38.1 Å². The number of benzene rings is 2. The molecule has 0 bridgehead atoms. The van der Waals surface area contributed by atoms with Gasteiger partial charge in [-0.25, -0.2) is 0 Å². The molecular weight excluding hydrogens is 322 g/mol. The smallest absolute Gasteiger partial charge is 0.276 e. The van der Waals surface area contributed by atoms with Crippen LogP contribution in [0, 0.1) is 24.0 Å². The van der Waals surface area contributed by atoms with Crippen molar-refractivity contribution in [3.8, 4) is 5.75 Å². The van der Waals surface area contributed by atoms with Crippen molar-refractivity contribution in [1.82, 2.24) is 0 Å². The maximum atomic E-state index is 11.0. The summed E-state index contributed by atoms with van der Waals surface area (Å²) in [6, 6.07) is 10.8. The molecule has 0 saturated carbocycles. The fourth-order valence-corrected chi connectivity index (χ4v) is 2.53. The molecule has 0 aliphatic rings. The molecule has 0 fully saturated rings. The highest BCUT2D eigenvalue weighted by Crippen LogP contribution is 2.29. The van der Waals surface area contributed by atoms with E-state index >= 15 is 0 Å². The Kier molecular flexibility index (Phi) is 4.39. The Morgan fingerprint density at radius 2 is 2.00 bits per heavy atom. The summed E-state index contributed by atoms with van der Waals surface area (Å²) in [5.74, 6) is 0.674. The molecule has 20 heavy (non-hydrogen) atoms. The number of ether oxygens (including phenoxy) is 1. The molecule has 2 aromatic carbocycles. The normalized spacial score (nSPS) is 10.3. The second-order valence-corrected chi connectivity index (χ2v) is 5.41. The minimum atomic E-state index is -0.379. The van der Waals surface area contributed by atoms with Crippen LogP contribution in [0.4, 0.5) is 5.69 Å². The van der Waals surface area contributed by atoms with Crippen LogP contribution >= 0.6 is 15.9 Å². The summed E-state index contributed by atoms with van der Waals surface area (Å²) in [7, 11) is 0. The van der Waals surface area contributed by atoms with Crippen LogP contribution in [0.5, 0.6) is 5.75 Å². The molecular formula is C15H14BrNO3. The van der Waals surface area contributed by atoms with Crippen molar-refractivity contribution in [2.45, 2.75) is 20.5 Å². The number of hydrogen-bond acceptors (Lipinski definition) is 3. The fourth-order valence-electron chi connectivity index (χ4n) is 1.92. The molecule has 0 unspecified atom stereocenters. The lowest BCUT2D eigenvalue weighted by molar-refractivity contribution is -0.385. The highest BCUT2D eigenvalue weighted by Gasteiger charge is 2.16. The van der Waals surface area contributed by atoms with Gasteiger partial charge in [-0.15, -0.1) is 0 Å². The van der Waals surface area contributed by atoms with Crippen LogP contribution in [0.3, 0.4) is 0 Å². The molecule has 0 N–H and O–H groups in total. The molecule has 0 amide bonds. The lowest BCUT2D eigenvalue weighted by Gasteiger charge is -2.11. The first-order valence-corrected chi connectivity index (χ1v) is 6.90. The topological polar surface area (TPSA) is 52.4 Å². The standard InChI is InChI=1S/C15H14BrNO3/c1-10-6-7-15(13(16)8-10)20-9-12-11(2)4-3-5-14(12)17(18)19/h3-8H,9H2,1-2H3. The van der Waals surface area contributed by atoms with Crippen LogP contribution in [0.15, 0.2) is 40.9 Å². The minimum absolute atomic E-state index is 0.0910. The molecule has 5 heteroatoms. The van der Waals surface area contributed by atoms with Gasteiger partial charge in [-0.05, 0) is 53.0 Å². The van der Waals surface area contributed by atoms with E-state index in [0.29, 0.717) is 11.3 Å². The highest BCUT2D eigenvalue weighted by molar-refractivity contribution is 9.10. The first-order valence-electron chi connectivity index (χ1n) is 6.11. The van der Waals surface area contributed by atoms with Gasteiger partial charge in [0.2, 0.25) is 0 Å². The summed E-state index contributed by atoms with van der Waals surface area (Å²) in [6.45, 7) is 4.00. The average Bonchev–Trinajstić information content (AvgIpc) is 2.38. The van der Waals surface area contributed by atoms with Crippen LogP contribution in [0.25, 0.3) is 0 Å². The Labute approximate surface area is 125 Å². The minimum Gasteiger partial charge on any atom is -0.487 e.